The highest BCUT2D eigenvalue weighted by Crippen LogP contribution is 2.41. The Bertz CT molecular complexity index is 652. The van der Waals surface area contributed by atoms with Crippen molar-refractivity contribution in [2.45, 2.75) is 26.2 Å². The molecule has 0 saturated carbocycles. The first-order valence-electron chi connectivity index (χ1n) is 7.55. The molecular weight excluding hydrogens is 260 g/mol. The molecule has 0 unspecified atom stereocenters. The highest BCUT2D eigenvalue weighted by molar-refractivity contribution is 5.75. The normalized spacial score (nSPS) is 17.2. The molecular formula is C18H22N2O. The van der Waals surface area contributed by atoms with Crippen LogP contribution in [0.3, 0.4) is 0 Å². The molecule has 3 rings (SSSR count). The molecule has 0 radical (unpaired) electrons. The van der Waals surface area contributed by atoms with Gasteiger partial charge in [0.25, 0.3) is 0 Å². The zero-order valence-electron chi connectivity index (χ0n) is 12.9. The van der Waals surface area contributed by atoms with Crippen molar-refractivity contribution in [2.75, 3.05) is 20.2 Å². The largest absolute Gasteiger partial charge is 0.493 e. The summed E-state index contributed by atoms with van der Waals surface area (Å²) in [6, 6.07) is 8.58. The van der Waals surface area contributed by atoms with Crippen molar-refractivity contribution >= 4 is 0 Å². The van der Waals surface area contributed by atoms with Gasteiger partial charge in [-0.15, -0.1) is 0 Å². The summed E-state index contributed by atoms with van der Waals surface area (Å²) in [5, 5.41) is 3.29. The summed E-state index contributed by atoms with van der Waals surface area (Å²) >= 11 is 0. The molecule has 1 aromatic heterocycles. The van der Waals surface area contributed by atoms with Gasteiger partial charge in [0.1, 0.15) is 5.75 Å². The van der Waals surface area contributed by atoms with Crippen LogP contribution in [0.15, 0.2) is 30.5 Å². The van der Waals surface area contributed by atoms with E-state index >= 15 is 0 Å². The average molecular weight is 282 g/mol. The molecule has 2 aromatic rings. The van der Waals surface area contributed by atoms with Gasteiger partial charge in [-0.3, -0.25) is 4.98 Å². The first-order chi connectivity index (χ1) is 10.2. The molecule has 1 aromatic carbocycles. The maximum atomic E-state index is 6.03. The fourth-order valence-corrected chi connectivity index (χ4v) is 3.10. The summed E-state index contributed by atoms with van der Waals surface area (Å²) in [4.78, 5) is 4.37. The number of para-hydroxylation sites is 1. The first-order valence-corrected chi connectivity index (χ1v) is 7.55. The third-order valence-corrected chi connectivity index (χ3v) is 4.39. The first kappa shape index (κ1) is 14.1. The lowest BCUT2D eigenvalue weighted by Gasteiger charge is -2.28. The second kappa shape index (κ2) is 5.86. The van der Waals surface area contributed by atoms with Gasteiger partial charge >= 0.3 is 0 Å². The van der Waals surface area contributed by atoms with Gasteiger partial charge in [0.2, 0.25) is 0 Å². The van der Waals surface area contributed by atoms with Crippen molar-refractivity contribution in [3.63, 3.8) is 0 Å². The standard InChI is InChI=1S/C18H22N2O/c1-12-13(2)20-9-7-15(12)17-6-4-5-16-14(11-19-3)8-10-21-18(16)17/h4-7,9,14,19H,8,10-11H2,1-3H3/t14-/m1/s1. The Hall–Kier alpha value is -1.87. The van der Waals surface area contributed by atoms with Gasteiger partial charge in [-0.1, -0.05) is 18.2 Å². The number of aryl methyl sites for hydroxylation is 1. The molecule has 1 atom stereocenters. The molecule has 3 nitrogen and oxygen atoms in total. The SMILES string of the molecule is CNC[C@H]1CCOc2c(-c3ccnc(C)c3C)cccc21. The number of nitrogens with one attached hydrogen (secondary N) is 1. The summed E-state index contributed by atoms with van der Waals surface area (Å²) < 4.78 is 6.03. The predicted octanol–water partition coefficient (Wildman–Crippen LogP) is 3.45. The number of ether oxygens (including phenoxy) is 1. The second-order valence-electron chi connectivity index (χ2n) is 5.68. The number of hydrogen-bond acceptors (Lipinski definition) is 3. The molecule has 0 bridgehead atoms. The third kappa shape index (κ3) is 2.54. The highest BCUT2D eigenvalue weighted by Gasteiger charge is 2.24. The van der Waals surface area contributed by atoms with Crippen LogP contribution >= 0.6 is 0 Å². The molecule has 2 heterocycles. The number of pyridine rings is 1. The lowest BCUT2D eigenvalue weighted by Crippen LogP contribution is -2.23. The Kier molecular flexibility index (Phi) is 3.93. The van der Waals surface area contributed by atoms with Crippen LogP contribution < -0.4 is 10.1 Å². The Labute approximate surface area is 126 Å². The fraction of sp³-hybridized carbons (Fsp3) is 0.389. The molecule has 1 aliphatic rings. The molecule has 1 aliphatic heterocycles. The second-order valence-corrected chi connectivity index (χ2v) is 5.68. The van der Waals surface area contributed by atoms with Crippen molar-refractivity contribution in [1.29, 1.82) is 0 Å². The van der Waals surface area contributed by atoms with Crippen LogP contribution in [-0.4, -0.2) is 25.2 Å². The number of aromatic nitrogens is 1. The summed E-state index contributed by atoms with van der Waals surface area (Å²) in [6.07, 6.45) is 2.95. The molecule has 0 aliphatic carbocycles. The van der Waals surface area contributed by atoms with Crippen molar-refractivity contribution in [2.24, 2.45) is 0 Å². The van der Waals surface area contributed by atoms with E-state index in [1.807, 2.05) is 13.2 Å². The minimum atomic E-state index is 0.530. The molecule has 1 N–H and O–H groups in total. The van der Waals surface area contributed by atoms with Crippen molar-refractivity contribution in [3.05, 3.63) is 47.3 Å². The molecule has 0 fully saturated rings. The van der Waals surface area contributed by atoms with Gasteiger partial charge < -0.3 is 10.1 Å². The van der Waals surface area contributed by atoms with E-state index in [9.17, 15) is 0 Å². The van der Waals surface area contributed by atoms with Crippen LogP contribution in [0.2, 0.25) is 0 Å². The van der Waals surface area contributed by atoms with E-state index in [0.29, 0.717) is 5.92 Å². The smallest absolute Gasteiger partial charge is 0.130 e. The highest BCUT2D eigenvalue weighted by atomic mass is 16.5. The van der Waals surface area contributed by atoms with Gasteiger partial charge in [-0.05, 0) is 50.1 Å². The van der Waals surface area contributed by atoms with Crippen LogP contribution in [0.5, 0.6) is 5.75 Å². The third-order valence-electron chi connectivity index (χ3n) is 4.39. The maximum absolute atomic E-state index is 6.03. The van der Waals surface area contributed by atoms with Gasteiger partial charge in [0.15, 0.2) is 0 Å². The fourth-order valence-electron chi connectivity index (χ4n) is 3.10. The van der Waals surface area contributed by atoms with Crippen molar-refractivity contribution in [3.8, 4) is 16.9 Å². The number of fused-ring (bicyclic) bond motifs is 1. The monoisotopic (exact) mass is 282 g/mol. The molecule has 21 heavy (non-hydrogen) atoms. The van der Waals surface area contributed by atoms with Crippen molar-refractivity contribution in [1.82, 2.24) is 10.3 Å². The van der Waals surface area contributed by atoms with Gasteiger partial charge in [0.05, 0.1) is 6.61 Å². The topological polar surface area (TPSA) is 34.1 Å². The van der Waals surface area contributed by atoms with E-state index < -0.39 is 0 Å². The Morgan fingerprint density at radius 1 is 1.24 bits per heavy atom. The van der Waals surface area contributed by atoms with E-state index in [4.69, 9.17) is 4.74 Å². The number of likely N-dealkylation sites (N-methyl/N-ethyl adjacent to an activating group) is 1. The Balaban J connectivity index is 2.13. The lowest BCUT2D eigenvalue weighted by molar-refractivity contribution is 0.267. The van der Waals surface area contributed by atoms with E-state index in [2.05, 4.69) is 48.4 Å². The number of benzene rings is 1. The zero-order chi connectivity index (χ0) is 14.8. The van der Waals surface area contributed by atoms with E-state index in [1.54, 1.807) is 0 Å². The van der Waals surface area contributed by atoms with Crippen LogP contribution in [0.25, 0.3) is 11.1 Å². The molecule has 0 saturated heterocycles. The minimum Gasteiger partial charge on any atom is -0.493 e. The molecule has 3 heteroatoms. The van der Waals surface area contributed by atoms with Crippen molar-refractivity contribution < 1.29 is 4.74 Å². The molecule has 0 amide bonds. The van der Waals surface area contributed by atoms with Crippen LogP contribution in [-0.2, 0) is 0 Å². The van der Waals surface area contributed by atoms with E-state index in [1.165, 1.54) is 22.3 Å². The summed E-state index contributed by atoms with van der Waals surface area (Å²) in [6.45, 7) is 5.97. The number of rotatable bonds is 3. The Morgan fingerprint density at radius 3 is 2.90 bits per heavy atom. The average Bonchev–Trinajstić information content (AvgIpc) is 2.50. The molecule has 110 valence electrons. The summed E-state index contributed by atoms with van der Waals surface area (Å²) in [5.41, 5.74) is 6.04. The van der Waals surface area contributed by atoms with Gasteiger partial charge in [0, 0.05) is 29.9 Å². The van der Waals surface area contributed by atoms with Crippen LogP contribution in [0, 0.1) is 13.8 Å². The summed E-state index contributed by atoms with van der Waals surface area (Å²) in [7, 11) is 2.01. The predicted molar refractivity (Wildman–Crippen MR) is 85.9 cm³/mol. The van der Waals surface area contributed by atoms with Gasteiger partial charge in [-0.25, -0.2) is 0 Å². The minimum absolute atomic E-state index is 0.530. The van der Waals surface area contributed by atoms with E-state index in [-0.39, 0.29) is 0 Å². The van der Waals surface area contributed by atoms with Crippen LogP contribution in [0.1, 0.15) is 29.2 Å². The summed E-state index contributed by atoms with van der Waals surface area (Å²) in [5.74, 6) is 1.58. The molecule has 0 spiro atoms. The maximum Gasteiger partial charge on any atom is 0.130 e. The Morgan fingerprint density at radius 2 is 2.10 bits per heavy atom. The quantitative estimate of drug-likeness (QED) is 0.936. The number of nitrogens with zero attached hydrogens (tertiary/aromatic N) is 1. The van der Waals surface area contributed by atoms with Gasteiger partial charge in [-0.2, -0.15) is 0 Å². The van der Waals surface area contributed by atoms with E-state index in [0.717, 1.165) is 31.0 Å². The number of hydrogen-bond donors (Lipinski definition) is 1. The lowest BCUT2D eigenvalue weighted by atomic mass is 9.88. The van der Waals surface area contributed by atoms with Crippen LogP contribution in [0.4, 0.5) is 0 Å². The zero-order valence-corrected chi connectivity index (χ0v) is 12.9.